The third kappa shape index (κ3) is 4.40. The molecule has 1 amide bonds. The molecule has 0 atom stereocenters. The zero-order valence-electron chi connectivity index (χ0n) is 11.3. The lowest BCUT2D eigenvalue weighted by Gasteiger charge is -2.16. The maximum absolute atomic E-state index is 12.5. The summed E-state index contributed by atoms with van der Waals surface area (Å²) in [5.74, 6) is -0.472. The molecule has 0 saturated heterocycles. The zero-order chi connectivity index (χ0) is 15.3. The van der Waals surface area contributed by atoms with E-state index in [9.17, 15) is 22.8 Å². The van der Waals surface area contributed by atoms with Gasteiger partial charge in [0.15, 0.2) is 0 Å². The fourth-order valence-electron chi connectivity index (χ4n) is 1.74. The largest absolute Gasteiger partial charge is 0.417 e. The van der Waals surface area contributed by atoms with E-state index in [1.54, 1.807) is 0 Å². The first-order valence-corrected chi connectivity index (χ1v) is 6.35. The predicted molar refractivity (Wildman–Crippen MR) is 68.2 cm³/mol. The van der Waals surface area contributed by atoms with Crippen LogP contribution in [0.4, 0.5) is 13.2 Å². The molecule has 20 heavy (non-hydrogen) atoms. The Balaban J connectivity index is 2.87. The van der Waals surface area contributed by atoms with E-state index in [1.807, 2.05) is 13.8 Å². The van der Waals surface area contributed by atoms with Crippen LogP contribution < -0.4 is 10.9 Å². The molecule has 0 fully saturated rings. The highest BCUT2D eigenvalue weighted by molar-refractivity contribution is 5.76. The molecular weight excluding hydrogens is 273 g/mol. The van der Waals surface area contributed by atoms with E-state index in [0.29, 0.717) is 12.3 Å². The standard InChI is InChI=1S/C13H17F3N2O2/c1-3-10(4-2)17-11(19)8-18-7-9(13(14,15)16)5-6-12(18)20/h5-7,10H,3-4,8H2,1-2H3,(H,17,19). The highest BCUT2D eigenvalue weighted by atomic mass is 19.4. The molecule has 1 N–H and O–H groups in total. The van der Waals surface area contributed by atoms with Crippen molar-refractivity contribution in [1.82, 2.24) is 9.88 Å². The maximum atomic E-state index is 12.5. The third-order valence-electron chi connectivity index (χ3n) is 2.98. The molecule has 0 aliphatic carbocycles. The second kappa shape index (κ2) is 6.58. The van der Waals surface area contributed by atoms with E-state index in [0.717, 1.165) is 23.5 Å². The Hall–Kier alpha value is -1.79. The number of rotatable bonds is 5. The molecule has 4 nitrogen and oxygen atoms in total. The fraction of sp³-hybridized carbons (Fsp3) is 0.538. The van der Waals surface area contributed by atoms with Crippen molar-refractivity contribution in [3.05, 3.63) is 34.2 Å². The minimum Gasteiger partial charge on any atom is -0.352 e. The van der Waals surface area contributed by atoms with Gasteiger partial charge in [-0.1, -0.05) is 13.8 Å². The minimum atomic E-state index is -4.54. The van der Waals surface area contributed by atoms with Crippen LogP contribution in [0.15, 0.2) is 23.1 Å². The number of aromatic nitrogens is 1. The summed E-state index contributed by atoms with van der Waals surface area (Å²) in [4.78, 5) is 23.2. The van der Waals surface area contributed by atoms with Crippen molar-refractivity contribution in [2.24, 2.45) is 0 Å². The van der Waals surface area contributed by atoms with Crippen molar-refractivity contribution in [1.29, 1.82) is 0 Å². The van der Waals surface area contributed by atoms with Crippen LogP contribution in [0.5, 0.6) is 0 Å². The molecule has 0 radical (unpaired) electrons. The van der Waals surface area contributed by atoms with Gasteiger partial charge in [-0.05, 0) is 18.9 Å². The zero-order valence-corrected chi connectivity index (χ0v) is 11.3. The quantitative estimate of drug-likeness (QED) is 0.903. The number of amides is 1. The van der Waals surface area contributed by atoms with Crippen LogP contribution in [0.3, 0.4) is 0 Å². The van der Waals surface area contributed by atoms with E-state index in [-0.39, 0.29) is 6.04 Å². The lowest BCUT2D eigenvalue weighted by atomic mass is 10.2. The molecule has 1 aromatic rings. The van der Waals surface area contributed by atoms with Crippen LogP contribution >= 0.6 is 0 Å². The molecule has 1 heterocycles. The molecule has 0 spiro atoms. The van der Waals surface area contributed by atoms with Gasteiger partial charge in [0, 0.05) is 18.3 Å². The molecule has 0 unspecified atom stereocenters. The summed E-state index contributed by atoms with van der Waals surface area (Å²) >= 11 is 0. The van der Waals surface area contributed by atoms with E-state index in [4.69, 9.17) is 0 Å². The fourth-order valence-corrected chi connectivity index (χ4v) is 1.74. The van der Waals surface area contributed by atoms with Gasteiger partial charge in [0.1, 0.15) is 6.54 Å². The normalized spacial score (nSPS) is 11.7. The Morgan fingerprint density at radius 1 is 1.30 bits per heavy atom. The predicted octanol–water partition coefficient (Wildman–Crippen LogP) is 2.17. The van der Waals surface area contributed by atoms with Gasteiger partial charge in [-0.3, -0.25) is 9.59 Å². The van der Waals surface area contributed by atoms with Crippen LogP contribution in [0.2, 0.25) is 0 Å². The van der Waals surface area contributed by atoms with E-state index < -0.39 is 29.8 Å². The summed E-state index contributed by atoms with van der Waals surface area (Å²) in [7, 11) is 0. The average Bonchev–Trinajstić information content (AvgIpc) is 2.37. The maximum Gasteiger partial charge on any atom is 0.417 e. The molecular formula is C13H17F3N2O2. The third-order valence-corrected chi connectivity index (χ3v) is 2.98. The molecule has 112 valence electrons. The highest BCUT2D eigenvalue weighted by Gasteiger charge is 2.31. The first-order chi connectivity index (χ1) is 9.27. The van der Waals surface area contributed by atoms with Crippen molar-refractivity contribution in [2.45, 2.75) is 45.5 Å². The van der Waals surface area contributed by atoms with Crippen molar-refractivity contribution in [2.75, 3.05) is 0 Å². The van der Waals surface area contributed by atoms with E-state index >= 15 is 0 Å². The number of pyridine rings is 1. The van der Waals surface area contributed by atoms with Gasteiger partial charge in [0.25, 0.3) is 5.56 Å². The number of halogens is 3. The van der Waals surface area contributed by atoms with Crippen LogP contribution in [-0.4, -0.2) is 16.5 Å². The average molecular weight is 290 g/mol. The molecule has 0 aliphatic heterocycles. The summed E-state index contributed by atoms with van der Waals surface area (Å²) in [6.07, 6.45) is -2.43. The summed E-state index contributed by atoms with van der Waals surface area (Å²) in [6.45, 7) is 3.37. The van der Waals surface area contributed by atoms with Crippen molar-refractivity contribution >= 4 is 5.91 Å². The topological polar surface area (TPSA) is 51.1 Å². The number of hydrogen-bond donors (Lipinski definition) is 1. The number of carbonyl (C=O) groups excluding carboxylic acids is 1. The second-order valence-electron chi connectivity index (χ2n) is 4.46. The van der Waals surface area contributed by atoms with E-state index in [1.165, 1.54) is 0 Å². The molecule has 0 aromatic carbocycles. The first-order valence-electron chi connectivity index (χ1n) is 6.35. The monoisotopic (exact) mass is 290 g/mol. The molecule has 0 bridgehead atoms. The van der Waals surface area contributed by atoms with Gasteiger partial charge >= 0.3 is 6.18 Å². The van der Waals surface area contributed by atoms with Crippen LogP contribution in [0.25, 0.3) is 0 Å². The summed E-state index contributed by atoms with van der Waals surface area (Å²) in [5.41, 5.74) is -1.59. The highest BCUT2D eigenvalue weighted by Crippen LogP contribution is 2.27. The van der Waals surface area contributed by atoms with Crippen molar-refractivity contribution in [3.63, 3.8) is 0 Å². The summed E-state index contributed by atoms with van der Waals surface area (Å²) < 4.78 is 38.4. The van der Waals surface area contributed by atoms with Crippen molar-refractivity contribution < 1.29 is 18.0 Å². The summed E-state index contributed by atoms with van der Waals surface area (Å²) in [6, 6.07) is 1.48. The Bertz CT molecular complexity index is 519. The van der Waals surface area contributed by atoms with Crippen molar-refractivity contribution in [3.8, 4) is 0 Å². The van der Waals surface area contributed by atoms with Gasteiger partial charge in [-0.15, -0.1) is 0 Å². The molecule has 0 saturated carbocycles. The van der Waals surface area contributed by atoms with Gasteiger partial charge in [-0.2, -0.15) is 13.2 Å². The molecule has 1 aromatic heterocycles. The lowest BCUT2D eigenvalue weighted by Crippen LogP contribution is -2.38. The number of nitrogens with zero attached hydrogens (tertiary/aromatic N) is 1. The Labute approximate surface area is 114 Å². The van der Waals surface area contributed by atoms with Crippen LogP contribution in [0, 0.1) is 0 Å². The summed E-state index contributed by atoms with van der Waals surface area (Å²) in [5, 5.41) is 2.67. The van der Waals surface area contributed by atoms with Gasteiger partial charge in [0.05, 0.1) is 5.56 Å². The number of carbonyl (C=O) groups is 1. The Morgan fingerprint density at radius 3 is 2.40 bits per heavy atom. The minimum absolute atomic E-state index is 0.0380. The Morgan fingerprint density at radius 2 is 1.90 bits per heavy atom. The smallest absolute Gasteiger partial charge is 0.352 e. The van der Waals surface area contributed by atoms with Crippen LogP contribution in [-0.2, 0) is 17.5 Å². The first kappa shape index (κ1) is 16.3. The SMILES string of the molecule is CCC(CC)NC(=O)Cn1cc(C(F)(F)F)ccc1=O. The number of alkyl halides is 3. The molecule has 1 rings (SSSR count). The van der Waals surface area contributed by atoms with E-state index in [2.05, 4.69) is 5.32 Å². The number of nitrogens with one attached hydrogen (secondary N) is 1. The van der Waals surface area contributed by atoms with Gasteiger partial charge < -0.3 is 9.88 Å². The lowest BCUT2D eigenvalue weighted by molar-refractivity contribution is -0.138. The van der Waals surface area contributed by atoms with Gasteiger partial charge in [0.2, 0.25) is 5.91 Å². The molecule has 7 heteroatoms. The van der Waals surface area contributed by atoms with Gasteiger partial charge in [-0.25, -0.2) is 0 Å². The second-order valence-corrected chi connectivity index (χ2v) is 4.46. The molecule has 0 aliphatic rings. The number of hydrogen-bond acceptors (Lipinski definition) is 2. The Kier molecular flexibility index (Phi) is 5.35. The van der Waals surface area contributed by atoms with Crippen LogP contribution in [0.1, 0.15) is 32.3 Å².